The first-order valence-electron chi connectivity index (χ1n) is 5.06. The second-order valence-electron chi connectivity index (χ2n) is 3.39. The molecule has 3 nitrogen and oxygen atoms in total. The average Bonchev–Trinajstić information content (AvgIpc) is 2.31. The van der Waals surface area contributed by atoms with Gasteiger partial charge in [0.05, 0.1) is 11.1 Å². The summed E-state index contributed by atoms with van der Waals surface area (Å²) in [6, 6.07) is 4.06. The second-order valence-corrected chi connectivity index (χ2v) is 4.25. The number of benzene rings is 1. The predicted molar refractivity (Wildman–Crippen MR) is 67.3 cm³/mol. The first kappa shape index (κ1) is 13.9. The third-order valence-corrected chi connectivity index (χ3v) is 2.78. The monoisotopic (exact) mass is 301 g/mol. The van der Waals surface area contributed by atoms with E-state index >= 15 is 0 Å². The molecule has 0 heterocycles. The third-order valence-electron chi connectivity index (χ3n) is 2.17. The molecule has 0 saturated heterocycles. The summed E-state index contributed by atoms with van der Waals surface area (Å²) in [5.41, 5.74) is 0.369. The highest BCUT2D eigenvalue weighted by Gasteiger charge is 2.15. The second kappa shape index (κ2) is 6.51. The zero-order valence-corrected chi connectivity index (χ0v) is 10.8. The van der Waals surface area contributed by atoms with Gasteiger partial charge in [0.1, 0.15) is 5.82 Å². The van der Waals surface area contributed by atoms with Crippen molar-refractivity contribution in [3.63, 3.8) is 0 Å². The van der Waals surface area contributed by atoms with Crippen LogP contribution in [0.1, 0.15) is 10.4 Å². The Bertz CT molecular complexity index is 423. The van der Waals surface area contributed by atoms with Crippen molar-refractivity contribution in [2.24, 2.45) is 0 Å². The lowest BCUT2D eigenvalue weighted by molar-refractivity contribution is 0.0742. The van der Waals surface area contributed by atoms with E-state index in [2.05, 4.69) is 22.5 Å². The van der Waals surface area contributed by atoms with Gasteiger partial charge in [-0.25, -0.2) is 4.39 Å². The van der Waals surface area contributed by atoms with Crippen LogP contribution < -0.4 is 0 Å². The minimum atomic E-state index is -0.418. The van der Waals surface area contributed by atoms with Crippen LogP contribution in [0.3, 0.4) is 0 Å². The Morgan fingerprint density at radius 2 is 2.29 bits per heavy atom. The fourth-order valence-electron chi connectivity index (χ4n) is 1.36. The first-order valence-corrected chi connectivity index (χ1v) is 5.85. The third kappa shape index (κ3) is 3.64. The maximum Gasteiger partial charge on any atom is 0.254 e. The quantitative estimate of drug-likeness (QED) is 0.847. The minimum absolute atomic E-state index is 0.123. The lowest BCUT2D eigenvalue weighted by Gasteiger charge is -2.20. The van der Waals surface area contributed by atoms with Crippen LogP contribution in [0.2, 0.25) is 0 Å². The molecule has 0 fully saturated rings. The molecule has 0 spiro atoms. The van der Waals surface area contributed by atoms with E-state index in [0.717, 1.165) is 0 Å². The molecule has 1 aromatic carbocycles. The standard InChI is InChI=1S/C12H13BrFNO2/c1-2-5-15(6-7-16)12(17)9-3-4-11(14)10(13)8-9/h2-4,8,16H,1,5-7H2. The van der Waals surface area contributed by atoms with E-state index in [1.807, 2.05) is 0 Å². The van der Waals surface area contributed by atoms with Crippen molar-refractivity contribution >= 4 is 21.8 Å². The van der Waals surface area contributed by atoms with Crippen molar-refractivity contribution in [1.29, 1.82) is 0 Å². The first-order chi connectivity index (χ1) is 8.10. The van der Waals surface area contributed by atoms with E-state index in [4.69, 9.17) is 5.11 Å². The molecule has 0 unspecified atom stereocenters. The number of hydrogen-bond acceptors (Lipinski definition) is 2. The molecule has 17 heavy (non-hydrogen) atoms. The summed E-state index contributed by atoms with van der Waals surface area (Å²) in [6.45, 7) is 3.99. The molecule has 0 radical (unpaired) electrons. The maximum atomic E-state index is 13.0. The van der Waals surface area contributed by atoms with Crippen LogP contribution in [-0.4, -0.2) is 35.6 Å². The van der Waals surface area contributed by atoms with Crippen molar-refractivity contribution in [3.05, 3.63) is 46.7 Å². The number of amides is 1. The van der Waals surface area contributed by atoms with Gasteiger partial charge < -0.3 is 10.0 Å². The highest BCUT2D eigenvalue weighted by Crippen LogP contribution is 2.18. The summed E-state index contributed by atoms with van der Waals surface area (Å²) < 4.78 is 13.3. The Labute approximate surface area is 108 Å². The summed E-state index contributed by atoms with van der Waals surface area (Å²) in [6.07, 6.45) is 1.58. The van der Waals surface area contributed by atoms with E-state index in [1.165, 1.54) is 23.1 Å². The SMILES string of the molecule is C=CCN(CCO)C(=O)c1ccc(F)c(Br)c1. The van der Waals surface area contributed by atoms with E-state index < -0.39 is 5.82 Å². The van der Waals surface area contributed by atoms with Gasteiger partial charge in [0.25, 0.3) is 5.91 Å². The van der Waals surface area contributed by atoms with Crippen molar-refractivity contribution in [2.45, 2.75) is 0 Å². The Hall–Kier alpha value is -1.20. The number of nitrogens with zero attached hydrogens (tertiary/aromatic N) is 1. The molecule has 0 atom stereocenters. The topological polar surface area (TPSA) is 40.5 Å². The molecular weight excluding hydrogens is 289 g/mol. The summed E-state index contributed by atoms with van der Waals surface area (Å²) in [5, 5.41) is 8.86. The molecule has 0 aromatic heterocycles. The highest BCUT2D eigenvalue weighted by atomic mass is 79.9. The zero-order valence-electron chi connectivity index (χ0n) is 9.20. The Balaban J connectivity index is 2.92. The summed E-state index contributed by atoms with van der Waals surface area (Å²) in [4.78, 5) is 13.4. The molecule has 92 valence electrons. The molecule has 5 heteroatoms. The number of carbonyl (C=O) groups excluding carboxylic acids is 1. The van der Waals surface area contributed by atoms with Gasteiger partial charge in [-0.1, -0.05) is 6.08 Å². The predicted octanol–water partition coefficient (Wildman–Crippen LogP) is 2.21. The molecule has 1 amide bonds. The Morgan fingerprint density at radius 1 is 1.59 bits per heavy atom. The van der Waals surface area contributed by atoms with Gasteiger partial charge in [0, 0.05) is 18.7 Å². The van der Waals surface area contributed by atoms with Crippen molar-refractivity contribution in [3.8, 4) is 0 Å². The summed E-state index contributed by atoms with van der Waals surface area (Å²) in [7, 11) is 0. The summed E-state index contributed by atoms with van der Waals surface area (Å²) >= 11 is 3.03. The number of aliphatic hydroxyl groups excluding tert-OH is 1. The zero-order chi connectivity index (χ0) is 12.8. The van der Waals surface area contributed by atoms with Crippen molar-refractivity contribution < 1.29 is 14.3 Å². The average molecular weight is 302 g/mol. The van der Waals surface area contributed by atoms with Gasteiger partial charge in [-0.2, -0.15) is 0 Å². The normalized spacial score (nSPS) is 10.1. The van der Waals surface area contributed by atoms with E-state index in [0.29, 0.717) is 12.1 Å². The lowest BCUT2D eigenvalue weighted by atomic mass is 10.2. The molecule has 0 bridgehead atoms. The molecule has 1 aromatic rings. The number of rotatable bonds is 5. The van der Waals surface area contributed by atoms with Crippen LogP contribution in [0.25, 0.3) is 0 Å². The molecule has 0 aliphatic carbocycles. The molecule has 0 aliphatic heterocycles. The number of aliphatic hydroxyl groups is 1. The van der Waals surface area contributed by atoms with Gasteiger partial charge in [-0.3, -0.25) is 4.79 Å². The molecule has 1 N–H and O–H groups in total. The Kier molecular flexibility index (Phi) is 5.31. The van der Waals surface area contributed by atoms with E-state index in [-0.39, 0.29) is 23.5 Å². The van der Waals surface area contributed by atoms with E-state index in [1.54, 1.807) is 6.08 Å². The minimum Gasteiger partial charge on any atom is -0.395 e. The van der Waals surface area contributed by atoms with Gasteiger partial charge in [-0.15, -0.1) is 6.58 Å². The molecule has 0 saturated carbocycles. The number of carbonyl (C=O) groups is 1. The molecule has 0 aliphatic rings. The van der Waals surface area contributed by atoms with Crippen LogP contribution >= 0.6 is 15.9 Å². The fraction of sp³-hybridized carbons (Fsp3) is 0.250. The van der Waals surface area contributed by atoms with Gasteiger partial charge >= 0.3 is 0 Å². The van der Waals surface area contributed by atoms with Crippen molar-refractivity contribution in [2.75, 3.05) is 19.7 Å². The lowest BCUT2D eigenvalue weighted by Crippen LogP contribution is -2.33. The number of hydrogen-bond donors (Lipinski definition) is 1. The maximum absolute atomic E-state index is 13.0. The van der Waals surface area contributed by atoms with Crippen molar-refractivity contribution in [1.82, 2.24) is 4.90 Å². The van der Waals surface area contributed by atoms with E-state index in [9.17, 15) is 9.18 Å². The fourth-order valence-corrected chi connectivity index (χ4v) is 1.74. The van der Waals surface area contributed by atoms with Crippen LogP contribution in [0.5, 0.6) is 0 Å². The smallest absolute Gasteiger partial charge is 0.254 e. The van der Waals surface area contributed by atoms with Crippen LogP contribution in [-0.2, 0) is 0 Å². The highest BCUT2D eigenvalue weighted by molar-refractivity contribution is 9.10. The Morgan fingerprint density at radius 3 is 2.82 bits per heavy atom. The van der Waals surface area contributed by atoms with Gasteiger partial charge in [0.15, 0.2) is 0 Å². The molecule has 1 rings (SSSR count). The summed E-state index contributed by atoms with van der Waals surface area (Å²) in [5.74, 6) is -0.682. The molecular formula is C12H13BrFNO2. The van der Waals surface area contributed by atoms with Crippen LogP contribution in [0, 0.1) is 5.82 Å². The van der Waals surface area contributed by atoms with Crippen LogP contribution in [0.4, 0.5) is 4.39 Å². The van der Waals surface area contributed by atoms with Gasteiger partial charge in [0.2, 0.25) is 0 Å². The number of halogens is 2. The van der Waals surface area contributed by atoms with Gasteiger partial charge in [-0.05, 0) is 34.1 Å². The van der Waals surface area contributed by atoms with Crippen LogP contribution in [0.15, 0.2) is 35.3 Å². The largest absolute Gasteiger partial charge is 0.395 e.